The van der Waals surface area contributed by atoms with Crippen molar-refractivity contribution in [3.63, 3.8) is 0 Å². The number of aryl methyl sites for hydroxylation is 1. The van der Waals surface area contributed by atoms with E-state index in [1.54, 1.807) is 0 Å². The minimum Gasteiger partial charge on any atom is -0.487 e. The Labute approximate surface area is 158 Å². The number of ether oxygens (including phenoxy) is 1. The van der Waals surface area contributed by atoms with Crippen molar-refractivity contribution in [2.75, 3.05) is 18.9 Å². The van der Waals surface area contributed by atoms with Gasteiger partial charge in [-0.15, -0.1) is 0 Å². The molecule has 0 amide bonds. The lowest BCUT2D eigenvalue weighted by atomic mass is 10.0. The highest BCUT2D eigenvalue weighted by Crippen LogP contribution is 2.22. The van der Waals surface area contributed by atoms with E-state index in [0.29, 0.717) is 0 Å². The van der Waals surface area contributed by atoms with Gasteiger partial charge in [-0.25, -0.2) is 0 Å². The van der Waals surface area contributed by atoms with E-state index in [1.807, 2.05) is 31.3 Å². The molecule has 0 unspecified atom stereocenters. The lowest BCUT2D eigenvalue weighted by Gasteiger charge is -2.26. The fourth-order valence-electron chi connectivity index (χ4n) is 2.99. The van der Waals surface area contributed by atoms with Gasteiger partial charge in [0.05, 0.1) is 0 Å². The van der Waals surface area contributed by atoms with Crippen LogP contribution in [0.25, 0.3) is 0 Å². The fraction of sp³-hybridized carbons (Fsp3) is 0.391. The second kappa shape index (κ2) is 9.44. The Bertz CT molecular complexity index is 687. The van der Waals surface area contributed by atoms with Gasteiger partial charge in [0.1, 0.15) is 11.4 Å². The third-order valence-electron chi connectivity index (χ3n) is 4.15. The van der Waals surface area contributed by atoms with Gasteiger partial charge in [-0.3, -0.25) is 0 Å². The van der Waals surface area contributed by atoms with Gasteiger partial charge in [-0.05, 0) is 62.7 Å². The van der Waals surface area contributed by atoms with Gasteiger partial charge in [0, 0.05) is 24.4 Å². The third kappa shape index (κ3) is 6.57. The molecule has 0 aliphatic rings. The van der Waals surface area contributed by atoms with Crippen LogP contribution in [0.4, 0.5) is 5.69 Å². The summed E-state index contributed by atoms with van der Waals surface area (Å²) in [5.41, 5.74) is 4.44. The Hall–Kier alpha value is -2.26. The Morgan fingerprint density at radius 1 is 1.00 bits per heavy atom. The summed E-state index contributed by atoms with van der Waals surface area (Å²) in [5, 5.41) is 6.53. The van der Waals surface area contributed by atoms with E-state index in [-0.39, 0.29) is 5.60 Å². The van der Waals surface area contributed by atoms with E-state index < -0.39 is 0 Å². The van der Waals surface area contributed by atoms with Crippen LogP contribution in [0.2, 0.25) is 0 Å². The van der Waals surface area contributed by atoms with Crippen molar-refractivity contribution in [2.45, 2.75) is 45.6 Å². The lowest BCUT2D eigenvalue weighted by molar-refractivity contribution is 0.110. The molecule has 0 saturated carbocycles. The molecule has 0 saturated heterocycles. The second-order valence-electron chi connectivity index (χ2n) is 7.39. The van der Waals surface area contributed by atoms with Crippen LogP contribution in [0.5, 0.6) is 5.75 Å². The van der Waals surface area contributed by atoms with Crippen LogP contribution in [0, 0.1) is 0 Å². The molecule has 140 valence electrons. The molecule has 0 aliphatic carbocycles. The van der Waals surface area contributed by atoms with Crippen LogP contribution >= 0.6 is 0 Å². The van der Waals surface area contributed by atoms with Crippen LogP contribution in [-0.4, -0.2) is 19.2 Å². The predicted octanol–water partition coefficient (Wildman–Crippen LogP) is 5.18. The molecule has 2 rings (SSSR count). The van der Waals surface area contributed by atoms with Crippen LogP contribution < -0.4 is 15.4 Å². The summed E-state index contributed by atoms with van der Waals surface area (Å²) in [7, 11) is 1.93. The van der Waals surface area contributed by atoms with Gasteiger partial charge in [-0.1, -0.05) is 44.2 Å². The van der Waals surface area contributed by atoms with Crippen LogP contribution in [0.3, 0.4) is 0 Å². The minimum atomic E-state index is -0.239. The van der Waals surface area contributed by atoms with Gasteiger partial charge >= 0.3 is 0 Å². The lowest BCUT2D eigenvalue weighted by Crippen LogP contribution is -2.38. The highest BCUT2D eigenvalue weighted by molar-refractivity contribution is 5.50. The highest BCUT2D eigenvalue weighted by Gasteiger charge is 2.18. The van der Waals surface area contributed by atoms with Crippen LogP contribution in [-0.2, 0) is 12.8 Å². The van der Waals surface area contributed by atoms with Crippen molar-refractivity contribution in [1.82, 2.24) is 5.32 Å². The average Bonchev–Trinajstić information content (AvgIpc) is 2.58. The van der Waals surface area contributed by atoms with Crippen molar-refractivity contribution in [3.05, 3.63) is 71.9 Å². The monoisotopic (exact) mass is 352 g/mol. The first-order chi connectivity index (χ1) is 12.4. The molecule has 0 bridgehead atoms. The zero-order valence-electron chi connectivity index (χ0n) is 16.6. The second-order valence-corrected chi connectivity index (χ2v) is 7.39. The van der Waals surface area contributed by atoms with Gasteiger partial charge in [0.2, 0.25) is 0 Å². The topological polar surface area (TPSA) is 33.3 Å². The molecule has 2 aromatic carbocycles. The maximum atomic E-state index is 6.02. The molecule has 3 nitrogen and oxygen atoms in total. The summed E-state index contributed by atoms with van der Waals surface area (Å²) in [4.78, 5) is 0. The zero-order valence-corrected chi connectivity index (χ0v) is 16.6. The summed E-state index contributed by atoms with van der Waals surface area (Å²) < 4.78 is 6.02. The molecule has 3 heteroatoms. The fourth-order valence-corrected chi connectivity index (χ4v) is 2.99. The standard InChI is InChI=1S/C23H32N2O/c1-6-7-19-8-10-20(11-9-19)16-18(2)25-21-12-14-22(15-13-21)26-23(3,4)17-24-5/h8-15,24-25H,2,6-7,16-17H2,1,3-5H3. The number of hydrogen-bond acceptors (Lipinski definition) is 3. The smallest absolute Gasteiger partial charge is 0.120 e. The predicted molar refractivity (Wildman–Crippen MR) is 112 cm³/mol. The molecule has 2 aromatic rings. The first kappa shape index (κ1) is 20.1. The average molecular weight is 353 g/mol. The van der Waals surface area contributed by atoms with Gasteiger partial charge in [-0.2, -0.15) is 0 Å². The summed E-state index contributed by atoms with van der Waals surface area (Å²) in [5.74, 6) is 0.868. The number of hydrogen-bond donors (Lipinski definition) is 2. The zero-order chi connectivity index (χ0) is 19.0. The summed E-state index contributed by atoms with van der Waals surface area (Å²) >= 11 is 0. The third-order valence-corrected chi connectivity index (χ3v) is 4.15. The van der Waals surface area contributed by atoms with Crippen molar-refractivity contribution in [3.8, 4) is 5.75 Å². The largest absolute Gasteiger partial charge is 0.487 e. The maximum absolute atomic E-state index is 6.02. The molecular weight excluding hydrogens is 320 g/mol. The molecule has 0 aromatic heterocycles. The molecule has 2 N–H and O–H groups in total. The Morgan fingerprint density at radius 2 is 1.62 bits per heavy atom. The quantitative estimate of drug-likeness (QED) is 0.618. The SMILES string of the molecule is C=C(Cc1ccc(CCC)cc1)Nc1ccc(OC(C)(C)CNC)cc1. The molecular formula is C23H32N2O. The molecule has 0 fully saturated rings. The first-order valence-corrected chi connectivity index (χ1v) is 9.38. The summed E-state index contributed by atoms with van der Waals surface area (Å²) in [6.45, 7) is 11.3. The number of likely N-dealkylation sites (N-methyl/N-ethyl adjacent to an activating group) is 1. The highest BCUT2D eigenvalue weighted by atomic mass is 16.5. The number of anilines is 1. The summed E-state index contributed by atoms with van der Waals surface area (Å²) in [6.07, 6.45) is 3.14. The Morgan fingerprint density at radius 3 is 2.19 bits per heavy atom. The molecule has 0 heterocycles. The minimum absolute atomic E-state index is 0.239. The maximum Gasteiger partial charge on any atom is 0.120 e. The Kier molecular flexibility index (Phi) is 7.28. The number of benzene rings is 2. The van der Waals surface area contributed by atoms with E-state index >= 15 is 0 Å². The van der Waals surface area contributed by atoms with Crippen molar-refractivity contribution in [1.29, 1.82) is 0 Å². The number of nitrogens with one attached hydrogen (secondary N) is 2. The molecule has 0 atom stereocenters. The van der Waals surface area contributed by atoms with Crippen LogP contribution in [0.1, 0.15) is 38.3 Å². The molecule has 0 aliphatic heterocycles. The first-order valence-electron chi connectivity index (χ1n) is 9.38. The van der Waals surface area contributed by atoms with E-state index in [0.717, 1.165) is 36.5 Å². The molecule has 0 radical (unpaired) electrons. The Balaban J connectivity index is 1.88. The van der Waals surface area contributed by atoms with Crippen molar-refractivity contribution >= 4 is 5.69 Å². The normalized spacial score (nSPS) is 11.2. The molecule has 0 spiro atoms. The molecule has 26 heavy (non-hydrogen) atoms. The van der Waals surface area contributed by atoms with Gasteiger partial charge in [0.15, 0.2) is 0 Å². The van der Waals surface area contributed by atoms with Gasteiger partial charge in [0.25, 0.3) is 0 Å². The van der Waals surface area contributed by atoms with E-state index in [2.05, 4.69) is 62.2 Å². The van der Waals surface area contributed by atoms with E-state index in [9.17, 15) is 0 Å². The summed E-state index contributed by atoms with van der Waals surface area (Å²) in [6, 6.07) is 16.9. The number of allylic oxidation sites excluding steroid dienone is 1. The van der Waals surface area contributed by atoms with Crippen molar-refractivity contribution in [2.24, 2.45) is 0 Å². The van der Waals surface area contributed by atoms with E-state index in [4.69, 9.17) is 4.74 Å². The number of rotatable bonds is 10. The van der Waals surface area contributed by atoms with Crippen molar-refractivity contribution < 1.29 is 4.74 Å². The van der Waals surface area contributed by atoms with E-state index in [1.165, 1.54) is 17.5 Å². The van der Waals surface area contributed by atoms with Crippen LogP contribution in [0.15, 0.2) is 60.8 Å². The van der Waals surface area contributed by atoms with Gasteiger partial charge < -0.3 is 15.4 Å².